The summed E-state index contributed by atoms with van der Waals surface area (Å²) in [7, 11) is 0. The fraction of sp³-hybridized carbons (Fsp3) is 0.429. The third kappa shape index (κ3) is 3.63. The quantitative estimate of drug-likeness (QED) is 0.797. The molecule has 2 nitrogen and oxygen atoms in total. The number of aliphatic hydroxyl groups is 1. The van der Waals surface area contributed by atoms with Crippen LogP contribution in [0.4, 0.5) is 4.39 Å². The van der Waals surface area contributed by atoms with Crippen molar-refractivity contribution in [2.45, 2.75) is 24.9 Å². The minimum atomic E-state index is -0.811. The van der Waals surface area contributed by atoms with E-state index in [0.717, 1.165) is 55.0 Å². The lowest BCUT2D eigenvalue weighted by molar-refractivity contribution is 0.0314. The zero-order valence-electron chi connectivity index (χ0n) is 14.5. The summed E-state index contributed by atoms with van der Waals surface area (Å²) in [6.45, 7) is 2.96. The molecule has 1 aliphatic heterocycles. The van der Waals surface area contributed by atoms with Crippen molar-refractivity contribution in [3.63, 3.8) is 0 Å². The molecular formula is C21H22Cl2FNO. The smallest absolute Gasteiger partial charge is 0.123 e. The van der Waals surface area contributed by atoms with Crippen molar-refractivity contribution < 1.29 is 9.50 Å². The Labute approximate surface area is 163 Å². The van der Waals surface area contributed by atoms with Gasteiger partial charge in [-0.1, -0.05) is 41.4 Å². The van der Waals surface area contributed by atoms with Crippen molar-refractivity contribution in [1.29, 1.82) is 0 Å². The van der Waals surface area contributed by atoms with Gasteiger partial charge in [-0.2, -0.15) is 0 Å². The molecule has 4 rings (SSSR count). The van der Waals surface area contributed by atoms with E-state index >= 15 is 0 Å². The Bertz CT molecular complexity index is 781. The molecule has 1 unspecified atom stereocenters. The Kier molecular flexibility index (Phi) is 5.00. The molecule has 1 aliphatic carbocycles. The van der Waals surface area contributed by atoms with Gasteiger partial charge in [0.1, 0.15) is 5.82 Å². The Hall–Kier alpha value is -1.13. The second-order valence-electron chi connectivity index (χ2n) is 7.71. The summed E-state index contributed by atoms with van der Waals surface area (Å²) in [5, 5.41) is 12.4. The summed E-state index contributed by atoms with van der Waals surface area (Å²) in [5.41, 5.74) is 1.15. The standard InChI is InChI=1S/C21H22Cl2FNO/c22-18-4-1-14(20(23)9-18)7-8-25-12-15-10-21(26,11-16(15)13-25)17-2-5-19(24)6-3-17/h1-6,9,15-16,26H,7-8,10-13H2/t15-,16+,21?. The maximum atomic E-state index is 13.2. The maximum Gasteiger partial charge on any atom is 0.123 e. The van der Waals surface area contributed by atoms with E-state index in [-0.39, 0.29) is 5.82 Å². The predicted octanol–water partition coefficient (Wildman–Crippen LogP) is 4.90. The fourth-order valence-electron chi connectivity index (χ4n) is 4.63. The molecule has 2 fully saturated rings. The molecule has 26 heavy (non-hydrogen) atoms. The highest BCUT2D eigenvalue weighted by Crippen LogP contribution is 2.48. The van der Waals surface area contributed by atoms with E-state index in [1.807, 2.05) is 12.1 Å². The number of halogens is 3. The molecule has 1 saturated heterocycles. The first-order valence-corrected chi connectivity index (χ1v) is 9.83. The molecule has 0 amide bonds. The van der Waals surface area contributed by atoms with Gasteiger partial charge >= 0.3 is 0 Å². The zero-order valence-corrected chi connectivity index (χ0v) is 16.0. The van der Waals surface area contributed by atoms with Gasteiger partial charge in [0.05, 0.1) is 5.60 Å². The summed E-state index contributed by atoms with van der Waals surface area (Å²) >= 11 is 12.2. The van der Waals surface area contributed by atoms with Crippen LogP contribution in [-0.2, 0) is 12.0 Å². The number of nitrogens with zero attached hydrogens (tertiary/aromatic N) is 1. The number of hydrogen-bond donors (Lipinski definition) is 1. The van der Waals surface area contributed by atoms with Crippen LogP contribution < -0.4 is 0 Å². The minimum Gasteiger partial charge on any atom is -0.385 e. The molecular weight excluding hydrogens is 372 g/mol. The van der Waals surface area contributed by atoms with Crippen LogP contribution in [0.15, 0.2) is 42.5 Å². The summed E-state index contributed by atoms with van der Waals surface area (Å²) in [6, 6.07) is 12.0. The fourth-order valence-corrected chi connectivity index (χ4v) is 5.13. The van der Waals surface area contributed by atoms with Crippen molar-refractivity contribution in [2.24, 2.45) is 11.8 Å². The topological polar surface area (TPSA) is 23.5 Å². The molecule has 1 saturated carbocycles. The van der Waals surface area contributed by atoms with Gasteiger partial charge in [-0.15, -0.1) is 0 Å². The molecule has 1 heterocycles. The van der Waals surface area contributed by atoms with Crippen LogP contribution in [0.25, 0.3) is 0 Å². The molecule has 138 valence electrons. The molecule has 0 spiro atoms. The number of likely N-dealkylation sites (tertiary alicyclic amines) is 1. The van der Waals surface area contributed by atoms with Gasteiger partial charge in [-0.05, 0) is 66.5 Å². The van der Waals surface area contributed by atoms with Crippen LogP contribution >= 0.6 is 23.2 Å². The first kappa shape index (κ1) is 18.2. The number of rotatable bonds is 4. The van der Waals surface area contributed by atoms with Crippen LogP contribution in [-0.4, -0.2) is 29.6 Å². The molecule has 2 aliphatic rings. The zero-order chi connectivity index (χ0) is 18.3. The second kappa shape index (κ2) is 7.12. The summed E-state index contributed by atoms with van der Waals surface area (Å²) < 4.78 is 13.2. The first-order valence-electron chi connectivity index (χ1n) is 9.08. The lowest BCUT2D eigenvalue weighted by atomic mass is 9.90. The first-order chi connectivity index (χ1) is 12.4. The molecule has 5 heteroatoms. The van der Waals surface area contributed by atoms with Crippen molar-refractivity contribution in [3.8, 4) is 0 Å². The SMILES string of the molecule is OC1(c2ccc(F)cc2)C[C@H]2CN(CCc3ccc(Cl)cc3Cl)C[C@H]2C1. The van der Waals surface area contributed by atoms with Gasteiger partial charge in [-0.3, -0.25) is 0 Å². The van der Waals surface area contributed by atoms with Crippen LogP contribution in [0.5, 0.6) is 0 Å². The third-order valence-electron chi connectivity index (χ3n) is 5.95. The van der Waals surface area contributed by atoms with Gasteiger partial charge in [-0.25, -0.2) is 4.39 Å². The Morgan fingerprint density at radius 2 is 1.69 bits per heavy atom. The summed E-state index contributed by atoms with van der Waals surface area (Å²) in [4.78, 5) is 2.46. The van der Waals surface area contributed by atoms with Crippen molar-refractivity contribution in [3.05, 3.63) is 69.5 Å². The minimum absolute atomic E-state index is 0.262. The number of benzene rings is 2. The summed E-state index contributed by atoms with van der Waals surface area (Å²) in [5.74, 6) is 0.721. The van der Waals surface area contributed by atoms with E-state index in [1.54, 1.807) is 18.2 Å². The average Bonchev–Trinajstić information content (AvgIpc) is 3.09. The van der Waals surface area contributed by atoms with Gasteiger partial charge in [0.2, 0.25) is 0 Å². The second-order valence-corrected chi connectivity index (χ2v) is 8.56. The molecule has 2 aromatic rings. The van der Waals surface area contributed by atoms with E-state index in [4.69, 9.17) is 23.2 Å². The highest BCUT2D eigenvalue weighted by atomic mass is 35.5. The number of hydrogen-bond acceptors (Lipinski definition) is 2. The van der Waals surface area contributed by atoms with Gasteiger partial charge in [0.15, 0.2) is 0 Å². The molecule has 1 N–H and O–H groups in total. The van der Waals surface area contributed by atoms with Crippen LogP contribution in [0.2, 0.25) is 10.0 Å². The molecule has 3 atom stereocenters. The van der Waals surface area contributed by atoms with E-state index in [2.05, 4.69) is 4.90 Å². The van der Waals surface area contributed by atoms with E-state index in [9.17, 15) is 9.50 Å². The highest BCUT2D eigenvalue weighted by Gasteiger charge is 2.48. The Balaban J connectivity index is 1.35. The average molecular weight is 394 g/mol. The van der Waals surface area contributed by atoms with Gasteiger partial charge in [0.25, 0.3) is 0 Å². The lowest BCUT2D eigenvalue weighted by Gasteiger charge is -2.26. The normalized spacial score (nSPS) is 28.5. The molecule has 0 aromatic heterocycles. The van der Waals surface area contributed by atoms with E-state index < -0.39 is 5.60 Å². The Morgan fingerprint density at radius 3 is 2.31 bits per heavy atom. The molecule has 0 radical (unpaired) electrons. The van der Waals surface area contributed by atoms with Gasteiger partial charge < -0.3 is 10.0 Å². The van der Waals surface area contributed by atoms with Crippen LogP contribution in [0.3, 0.4) is 0 Å². The van der Waals surface area contributed by atoms with Crippen LogP contribution in [0.1, 0.15) is 24.0 Å². The van der Waals surface area contributed by atoms with Crippen molar-refractivity contribution in [2.75, 3.05) is 19.6 Å². The van der Waals surface area contributed by atoms with Crippen molar-refractivity contribution >= 4 is 23.2 Å². The summed E-state index contributed by atoms with van der Waals surface area (Å²) in [6.07, 6.45) is 2.40. The largest absolute Gasteiger partial charge is 0.385 e. The van der Waals surface area contributed by atoms with Crippen LogP contribution in [0, 0.1) is 17.7 Å². The highest BCUT2D eigenvalue weighted by molar-refractivity contribution is 6.35. The number of fused-ring (bicyclic) bond motifs is 1. The lowest BCUT2D eigenvalue weighted by Crippen LogP contribution is -2.29. The third-order valence-corrected chi connectivity index (χ3v) is 6.53. The maximum absolute atomic E-state index is 13.2. The predicted molar refractivity (Wildman–Crippen MR) is 103 cm³/mol. The molecule has 2 aromatic carbocycles. The monoisotopic (exact) mass is 393 g/mol. The van der Waals surface area contributed by atoms with Crippen molar-refractivity contribution in [1.82, 2.24) is 4.90 Å². The van der Waals surface area contributed by atoms with E-state index in [0.29, 0.717) is 16.9 Å². The Morgan fingerprint density at radius 1 is 1.04 bits per heavy atom. The molecule has 0 bridgehead atoms. The van der Waals surface area contributed by atoms with Gasteiger partial charge in [0, 0.05) is 29.7 Å². The van der Waals surface area contributed by atoms with E-state index in [1.165, 1.54) is 12.1 Å².